The smallest absolute Gasteiger partial charge is 0.316 e. The van der Waals surface area contributed by atoms with Crippen molar-refractivity contribution in [1.29, 1.82) is 0 Å². The topological polar surface area (TPSA) is 84.2 Å². The van der Waals surface area contributed by atoms with Crippen molar-refractivity contribution in [3.63, 3.8) is 0 Å². The fraction of sp³-hybridized carbons (Fsp3) is 0.0667. The molecule has 0 saturated carbocycles. The second-order valence-electron chi connectivity index (χ2n) is 4.35. The van der Waals surface area contributed by atoms with E-state index >= 15 is 0 Å². The van der Waals surface area contributed by atoms with Crippen molar-refractivity contribution >= 4 is 34.9 Å². The average Bonchev–Trinajstić information content (AvgIpc) is 2.49. The number of halogens is 1. The summed E-state index contributed by atoms with van der Waals surface area (Å²) in [4.78, 5) is 22.7. The molecule has 0 atom stereocenters. The summed E-state index contributed by atoms with van der Waals surface area (Å²) in [5.74, 6) is 0.197. The zero-order chi connectivity index (χ0) is 15.2. The molecule has 0 aliphatic rings. The molecular weight excluding hydrogens is 290 g/mol. The number of anilines is 2. The molecule has 0 spiro atoms. The molecule has 108 valence electrons. The molecule has 0 unspecified atom stereocenters. The number of nitrogens with two attached hydrogens (primary N) is 1. The van der Waals surface area contributed by atoms with Crippen LogP contribution in [0.25, 0.3) is 0 Å². The lowest BCUT2D eigenvalue weighted by Crippen LogP contribution is -2.19. The summed E-state index contributed by atoms with van der Waals surface area (Å²) in [6.45, 7) is 0. The zero-order valence-electron chi connectivity index (χ0n) is 11.1. The number of rotatable bonds is 4. The van der Waals surface area contributed by atoms with Gasteiger partial charge < -0.3 is 16.4 Å². The molecule has 0 aliphatic carbocycles. The molecule has 2 aromatic carbocycles. The van der Waals surface area contributed by atoms with Crippen LogP contribution in [-0.4, -0.2) is 11.9 Å². The largest absolute Gasteiger partial charge is 0.351 e. The van der Waals surface area contributed by atoms with Gasteiger partial charge >= 0.3 is 6.03 Å². The molecule has 2 rings (SSSR count). The van der Waals surface area contributed by atoms with E-state index < -0.39 is 6.03 Å². The highest BCUT2D eigenvalue weighted by atomic mass is 35.5. The maximum absolute atomic E-state index is 12.0. The number of primary amides is 1. The van der Waals surface area contributed by atoms with Gasteiger partial charge in [0, 0.05) is 22.8 Å². The summed E-state index contributed by atoms with van der Waals surface area (Å²) >= 11 is 5.70. The van der Waals surface area contributed by atoms with Crippen LogP contribution in [0.4, 0.5) is 16.2 Å². The van der Waals surface area contributed by atoms with Crippen LogP contribution in [-0.2, 0) is 5.88 Å². The fourth-order valence-electron chi connectivity index (χ4n) is 1.73. The molecule has 0 aliphatic heterocycles. The summed E-state index contributed by atoms with van der Waals surface area (Å²) in [5, 5.41) is 5.20. The third-order valence-electron chi connectivity index (χ3n) is 2.78. The Morgan fingerprint density at radius 2 is 1.43 bits per heavy atom. The summed E-state index contributed by atoms with van der Waals surface area (Å²) < 4.78 is 0. The van der Waals surface area contributed by atoms with Gasteiger partial charge in [-0.05, 0) is 42.0 Å². The van der Waals surface area contributed by atoms with Gasteiger partial charge in [0.15, 0.2) is 0 Å². The number of carbonyl (C=O) groups is 2. The predicted octanol–water partition coefficient (Wildman–Crippen LogP) is 3.17. The molecule has 0 fully saturated rings. The van der Waals surface area contributed by atoms with E-state index in [2.05, 4.69) is 10.6 Å². The van der Waals surface area contributed by atoms with Gasteiger partial charge in [0.25, 0.3) is 5.91 Å². The van der Waals surface area contributed by atoms with Crippen molar-refractivity contribution in [1.82, 2.24) is 0 Å². The molecule has 21 heavy (non-hydrogen) atoms. The second-order valence-corrected chi connectivity index (χ2v) is 4.62. The molecule has 3 amide bonds. The van der Waals surface area contributed by atoms with E-state index in [1.54, 1.807) is 36.4 Å². The van der Waals surface area contributed by atoms with Crippen LogP contribution >= 0.6 is 11.6 Å². The minimum atomic E-state index is -0.633. The Balaban J connectivity index is 2.03. The van der Waals surface area contributed by atoms with Crippen LogP contribution in [0.2, 0.25) is 0 Å². The quantitative estimate of drug-likeness (QED) is 0.758. The van der Waals surface area contributed by atoms with Crippen LogP contribution < -0.4 is 16.4 Å². The van der Waals surface area contributed by atoms with Crippen molar-refractivity contribution in [2.24, 2.45) is 5.73 Å². The maximum atomic E-state index is 12.0. The molecular formula is C15H14ClN3O2. The normalized spacial score (nSPS) is 9.95. The van der Waals surface area contributed by atoms with Crippen LogP contribution in [0.3, 0.4) is 0 Å². The summed E-state index contributed by atoms with van der Waals surface area (Å²) in [6.07, 6.45) is 0. The molecule has 6 heteroatoms. The van der Waals surface area contributed by atoms with Crippen molar-refractivity contribution in [2.45, 2.75) is 5.88 Å². The first-order valence-electron chi connectivity index (χ1n) is 6.21. The van der Waals surface area contributed by atoms with Crippen molar-refractivity contribution in [2.75, 3.05) is 10.6 Å². The Kier molecular flexibility index (Phi) is 4.79. The van der Waals surface area contributed by atoms with Gasteiger partial charge in [-0.3, -0.25) is 4.79 Å². The highest BCUT2D eigenvalue weighted by Crippen LogP contribution is 2.15. The van der Waals surface area contributed by atoms with E-state index in [4.69, 9.17) is 17.3 Å². The van der Waals surface area contributed by atoms with Crippen molar-refractivity contribution < 1.29 is 9.59 Å². The first kappa shape index (κ1) is 14.9. The first-order chi connectivity index (χ1) is 10.1. The van der Waals surface area contributed by atoms with Crippen LogP contribution in [0.1, 0.15) is 15.9 Å². The fourth-order valence-corrected chi connectivity index (χ4v) is 1.91. The Morgan fingerprint density at radius 3 is 1.90 bits per heavy atom. The van der Waals surface area contributed by atoms with Gasteiger partial charge in [0.1, 0.15) is 0 Å². The first-order valence-corrected chi connectivity index (χ1v) is 6.74. The van der Waals surface area contributed by atoms with Crippen LogP contribution in [0, 0.1) is 0 Å². The van der Waals surface area contributed by atoms with Gasteiger partial charge in [-0.1, -0.05) is 12.1 Å². The predicted molar refractivity (Wildman–Crippen MR) is 83.6 cm³/mol. The minimum Gasteiger partial charge on any atom is -0.351 e. The van der Waals surface area contributed by atoms with Gasteiger partial charge in [0.2, 0.25) is 0 Å². The number of carbonyl (C=O) groups excluding carboxylic acids is 2. The molecule has 5 nitrogen and oxygen atoms in total. The molecule has 4 N–H and O–H groups in total. The maximum Gasteiger partial charge on any atom is 0.316 e. The zero-order valence-corrected chi connectivity index (χ0v) is 11.9. The third kappa shape index (κ3) is 4.22. The van der Waals surface area contributed by atoms with Crippen molar-refractivity contribution in [3.05, 3.63) is 59.7 Å². The molecule has 0 bridgehead atoms. The van der Waals surface area contributed by atoms with E-state index in [0.29, 0.717) is 22.8 Å². The third-order valence-corrected chi connectivity index (χ3v) is 3.09. The Hall–Kier alpha value is -2.53. The highest BCUT2D eigenvalue weighted by molar-refractivity contribution is 6.17. The number of amides is 3. The Labute approximate surface area is 127 Å². The standard InChI is InChI=1S/C15H14ClN3O2/c16-9-10-1-3-11(4-2-10)14(20)18-12-5-7-13(8-6-12)19-15(17)21/h1-8H,9H2,(H,18,20)(H3,17,19,21). The molecule has 0 aromatic heterocycles. The minimum absolute atomic E-state index is 0.216. The number of urea groups is 1. The number of nitrogens with one attached hydrogen (secondary N) is 2. The number of hydrogen-bond donors (Lipinski definition) is 3. The van der Waals surface area contributed by atoms with Gasteiger partial charge in [-0.15, -0.1) is 11.6 Å². The van der Waals surface area contributed by atoms with Crippen molar-refractivity contribution in [3.8, 4) is 0 Å². The number of alkyl halides is 1. The van der Waals surface area contributed by atoms with E-state index in [-0.39, 0.29) is 5.91 Å². The average molecular weight is 304 g/mol. The molecule has 0 radical (unpaired) electrons. The lowest BCUT2D eigenvalue weighted by atomic mass is 10.1. The van der Waals surface area contributed by atoms with Crippen LogP contribution in [0.5, 0.6) is 0 Å². The SMILES string of the molecule is NC(=O)Nc1ccc(NC(=O)c2ccc(CCl)cc2)cc1. The van der Waals surface area contributed by atoms with Gasteiger partial charge in [-0.25, -0.2) is 4.79 Å². The Morgan fingerprint density at radius 1 is 0.905 bits per heavy atom. The Bertz CT molecular complexity index is 639. The summed E-state index contributed by atoms with van der Waals surface area (Å²) in [7, 11) is 0. The number of hydrogen-bond acceptors (Lipinski definition) is 2. The van der Waals surface area contributed by atoms with E-state index in [1.807, 2.05) is 12.1 Å². The number of benzene rings is 2. The summed E-state index contributed by atoms with van der Waals surface area (Å²) in [5.41, 5.74) is 7.70. The molecule has 0 saturated heterocycles. The van der Waals surface area contributed by atoms with E-state index in [0.717, 1.165) is 5.56 Å². The van der Waals surface area contributed by atoms with Gasteiger partial charge in [-0.2, -0.15) is 0 Å². The lowest BCUT2D eigenvalue weighted by Gasteiger charge is -2.07. The molecule has 2 aromatic rings. The van der Waals surface area contributed by atoms with E-state index in [1.165, 1.54) is 0 Å². The lowest BCUT2D eigenvalue weighted by molar-refractivity contribution is 0.102. The second kappa shape index (κ2) is 6.76. The van der Waals surface area contributed by atoms with E-state index in [9.17, 15) is 9.59 Å². The van der Waals surface area contributed by atoms with Gasteiger partial charge in [0.05, 0.1) is 0 Å². The van der Waals surface area contributed by atoms with Crippen LogP contribution in [0.15, 0.2) is 48.5 Å². The molecule has 0 heterocycles. The monoisotopic (exact) mass is 303 g/mol. The summed E-state index contributed by atoms with van der Waals surface area (Å²) in [6, 6.07) is 13.1. The highest BCUT2D eigenvalue weighted by Gasteiger charge is 2.06.